The third-order valence-electron chi connectivity index (χ3n) is 3.50. The van der Waals surface area contributed by atoms with Crippen molar-refractivity contribution in [2.75, 3.05) is 0 Å². The van der Waals surface area contributed by atoms with Gasteiger partial charge in [0.25, 0.3) is 0 Å². The quantitative estimate of drug-likeness (QED) is 0.402. The van der Waals surface area contributed by atoms with Gasteiger partial charge in [0.05, 0.1) is 5.02 Å². The van der Waals surface area contributed by atoms with E-state index in [-0.39, 0.29) is 0 Å². The second-order valence-corrected chi connectivity index (χ2v) is 7.33. The second-order valence-electron chi connectivity index (χ2n) is 5.37. The Bertz CT molecular complexity index is 792. The van der Waals surface area contributed by atoms with Crippen LogP contribution >= 0.6 is 35.0 Å². The summed E-state index contributed by atoms with van der Waals surface area (Å²) in [4.78, 5) is 2.23. The molecule has 3 aromatic rings. The standard InChI is InChI=1S/C13H12ClNS.C8H9Cl.3C2H6/c14-12-7-6-10(9-15)8-13(12)16-11-4-2-1-3-5-11;1-2-7-4-3-5-8(9)6-7;3*1-2/h1-8H,9,15H2;3-6H,2H2,1H3;3*1-2H3. The molecule has 1 nitrogen and oxygen atoms in total. The number of nitrogens with two attached hydrogens (primary N) is 1. The SMILES string of the molecule is CC.CC.CC.CCc1cccc(Cl)c1.NCc1ccc(Cl)c(Sc2ccccc2)c1. The molecule has 0 aromatic heterocycles. The maximum atomic E-state index is 6.14. The van der Waals surface area contributed by atoms with E-state index < -0.39 is 0 Å². The predicted octanol–water partition coefficient (Wildman–Crippen LogP) is 9.93. The second kappa shape index (κ2) is 21.8. The van der Waals surface area contributed by atoms with Crippen molar-refractivity contribution in [2.24, 2.45) is 5.73 Å². The number of hydrogen-bond acceptors (Lipinski definition) is 2. The smallest absolute Gasteiger partial charge is 0.0545 e. The molecule has 0 atom stereocenters. The van der Waals surface area contributed by atoms with E-state index in [2.05, 4.69) is 25.1 Å². The highest BCUT2D eigenvalue weighted by Crippen LogP contribution is 2.33. The highest BCUT2D eigenvalue weighted by Gasteiger charge is 2.03. The fourth-order valence-corrected chi connectivity index (χ4v) is 3.49. The minimum atomic E-state index is 0.541. The van der Waals surface area contributed by atoms with Gasteiger partial charge in [-0.25, -0.2) is 0 Å². The molecule has 0 amide bonds. The Morgan fingerprint density at radius 1 is 0.710 bits per heavy atom. The molecule has 0 unspecified atom stereocenters. The van der Waals surface area contributed by atoms with E-state index in [1.54, 1.807) is 11.8 Å². The highest BCUT2D eigenvalue weighted by atomic mass is 35.5. The van der Waals surface area contributed by atoms with Crippen molar-refractivity contribution in [3.8, 4) is 0 Å². The van der Waals surface area contributed by atoms with Crippen molar-refractivity contribution in [1.29, 1.82) is 0 Å². The van der Waals surface area contributed by atoms with E-state index in [9.17, 15) is 0 Å². The first-order valence-electron chi connectivity index (χ1n) is 11.1. The molecule has 0 heterocycles. The van der Waals surface area contributed by atoms with Gasteiger partial charge in [-0.2, -0.15) is 0 Å². The first-order valence-corrected chi connectivity index (χ1v) is 12.7. The molecule has 0 aliphatic carbocycles. The van der Waals surface area contributed by atoms with Gasteiger partial charge in [0.2, 0.25) is 0 Å². The Hall–Kier alpha value is -1.45. The molecular formula is C27H39Cl2NS. The van der Waals surface area contributed by atoms with Crippen LogP contribution in [0.15, 0.2) is 82.6 Å². The van der Waals surface area contributed by atoms with Crippen LogP contribution in [0.25, 0.3) is 0 Å². The fourth-order valence-electron chi connectivity index (χ4n) is 2.13. The van der Waals surface area contributed by atoms with Crippen LogP contribution in [-0.4, -0.2) is 0 Å². The third-order valence-corrected chi connectivity index (χ3v) is 5.24. The molecule has 172 valence electrons. The lowest BCUT2D eigenvalue weighted by atomic mass is 10.2. The van der Waals surface area contributed by atoms with Crippen molar-refractivity contribution < 1.29 is 0 Å². The minimum Gasteiger partial charge on any atom is -0.326 e. The Morgan fingerprint density at radius 3 is 1.81 bits per heavy atom. The molecule has 2 N–H and O–H groups in total. The molecular weight excluding hydrogens is 441 g/mol. The van der Waals surface area contributed by atoms with Gasteiger partial charge in [-0.15, -0.1) is 0 Å². The summed E-state index contributed by atoms with van der Waals surface area (Å²) in [6.45, 7) is 14.7. The lowest BCUT2D eigenvalue weighted by Gasteiger charge is -2.06. The highest BCUT2D eigenvalue weighted by molar-refractivity contribution is 7.99. The summed E-state index contributed by atoms with van der Waals surface area (Å²) in [6.07, 6.45) is 1.06. The summed E-state index contributed by atoms with van der Waals surface area (Å²) >= 11 is 13.5. The van der Waals surface area contributed by atoms with Gasteiger partial charge in [-0.05, 0) is 53.9 Å². The molecule has 0 saturated heterocycles. The zero-order valence-electron chi connectivity index (χ0n) is 20.1. The molecule has 3 rings (SSSR count). The maximum absolute atomic E-state index is 6.14. The fraction of sp³-hybridized carbons (Fsp3) is 0.333. The summed E-state index contributed by atoms with van der Waals surface area (Å²) in [6, 6.07) is 24.0. The topological polar surface area (TPSA) is 26.0 Å². The molecule has 0 saturated carbocycles. The monoisotopic (exact) mass is 479 g/mol. The first kappa shape index (κ1) is 31.7. The zero-order chi connectivity index (χ0) is 24.1. The average Bonchev–Trinajstić information content (AvgIpc) is 2.85. The van der Waals surface area contributed by atoms with Gasteiger partial charge >= 0.3 is 0 Å². The van der Waals surface area contributed by atoms with E-state index in [4.69, 9.17) is 28.9 Å². The predicted molar refractivity (Wildman–Crippen MR) is 145 cm³/mol. The van der Waals surface area contributed by atoms with Crippen molar-refractivity contribution in [3.05, 3.63) is 94.0 Å². The third kappa shape index (κ3) is 14.3. The molecule has 4 heteroatoms. The lowest BCUT2D eigenvalue weighted by Crippen LogP contribution is -1.95. The normalized spacial score (nSPS) is 8.71. The molecule has 0 spiro atoms. The molecule has 0 aliphatic rings. The van der Waals surface area contributed by atoms with E-state index in [1.165, 1.54) is 10.5 Å². The number of halogens is 2. The van der Waals surface area contributed by atoms with Gasteiger partial charge in [0.1, 0.15) is 0 Å². The number of aryl methyl sites for hydroxylation is 1. The van der Waals surface area contributed by atoms with Crippen LogP contribution in [0, 0.1) is 0 Å². The zero-order valence-corrected chi connectivity index (χ0v) is 22.4. The Morgan fingerprint density at radius 2 is 1.32 bits per heavy atom. The van der Waals surface area contributed by atoms with Crippen LogP contribution in [0.2, 0.25) is 10.0 Å². The molecule has 0 bridgehead atoms. The molecule has 31 heavy (non-hydrogen) atoms. The lowest BCUT2D eigenvalue weighted by molar-refractivity contribution is 1.06. The van der Waals surface area contributed by atoms with E-state index in [1.807, 2.05) is 96.1 Å². The van der Waals surface area contributed by atoms with Gasteiger partial charge in [0.15, 0.2) is 0 Å². The van der Waals surface area contributed by atoms with Crippen LogP contribution in [0.1, 0.15) is 59.6 Å². The van der Waals surface area contributed by atoms with E-state index in [0.717, 1.165) is 26.9 Å². The van der Waals surface area contributed by atoms with Gasteiger partial charge in [-0.1, -0.05) is 120 Å². The average molecular weight is 481 g/mol. The van der Waals surface area contributed by atoms with Crippen molar-refractivity contribution >= 4 is 35.0 Å². The molecule has 3 aromatic carbocycles. The Kier molecular flexibility index (Phi) is 22.3. The van der Waals surface area contributed by atoms with E-state index >= 15 is 0 Å². The molecule has 0 aliphatic heterocycles. The van der Waals surface area contributed by atoms with Gasteiger partial charge in [-0.3, -0.25) is 0 Å². The van der Waals surface area contributed by atoms with Crippen LogP contribution in [0.4, 0.5) is 0 Å². The first-order chi connectivity index (χ1) is 15.1. The summed E-state index contributed by atoms with van der Waals surface area (Å²) in [5.41, 5.74) is 8.00. The summed E-state index contributed by atoms with van der Waals surface area (Å²) in [5, 5.41) is 1.60. The van der Waals surface area contributed by atoms with Crippen LogP contribution in [0.3, 0.4) is 0 Å². The number of benzene rings is 3. The van der Waals surface area contributed by atoms with Crippen LogP contribution in [0.5, 0.6) is 0 Å². The Balaban J connectivity index is 0. The summed E-state index contributed by atoms with van der Waals surface area (Å²) < 4.78 is 0. The van der Waals surface area contributed by atoms with Crippen molar-refractivity contribution in [1.82, 2.24) is 0 Å². The van der Waals surface area contributed by atoms with Crippen molar-refractivity contribution in [2.45, 2.75) is 71.2 Å². The van der Waals surface area contributed by atoms with E-state index in [0.29, 0.717) is 6.54 Å². The van der Waals surface area contributed by atoms with Crippen LogP contribution in [-0.2, 0) is 13.0 Å². The number of hydrogen-bond donors (Lipinski definition) is 1. The minimum absolute atomic E-state index is 0.541. The van der Waals surface area contributed by atoms with Crippen molar-refractivity contribution in [3.63, 3.8) is 0 Å². The summed E-state index contributed by atoms with van der Waals surface area (Å²) in [5.74, 6) is 0. The summed E-state index contributed by atoms with van der Waals surface area (Å²) in [7, 11) is 0. The Labute approximate surface area is 205 Å². The van der Waals surface area contributed by atoms with Gasteiger partial charge in [0, 0.05) is 21.4 Å². The number of rotatable bonds is 4. The maximum Gasteiger partial charge on any atom is 0.0545 e. The molecule has 0 fully saturated rings. The molecule has 0 radical (unpaired) electrons. The van der Waals surface area contributed by atoms with Gasteiger partial charge < -0.3 is 5.73 Å². The largest absolute Gasteiger partial charge is 0.326 e. The van der Waals surface area contributed by atoms with Crippen LogP contribution < -0.4 is 5.73 Å².